The first-order valence-electron chi connectivity index (χ1n) is 8.38. The predicted octanol–water partition coefficient (Wildman–Crippen LogP) is 5.20. The smallest absolute Gasteiger partial charge is 0.275 e. The van der Waals surface area contributed by atoms with Gasteiger partial charge in [-0.3, -0.25) is 9.78 Å². The van der Waals surface area contributed by atoms with E-state index in [0.717, 1.165) is 22.1 Å². The molecule has 132 valence electrons. The van der Waals surface area contributed by atoms with Crippen molar-refractivity contribution >= 4 is 34.3 Å². The van der Waals surface area contributed by atoms with Crippen molar-refractivity contribution in [2.45, 2.75) is 0 Å². The second-order valence-corrected chi connectivity index (χ2v) is 6.63. The lowest BCUT2D eigenvalue weighted by atomic mass is 10.2. The first kappa shape index (κ1) is 16.9. The second kappa shape index (κ2) is 7.80. The van der Waals surface area contributed by atoms with Crippen molar-refractivity contribution in [1.82, 2.24) is 9.97 Å². The van der Waals surface area contributed by atoms with E-state index in [2.05, 4.69) is 20.6 Å². The van der Waals surface area contributed by atoms with Gasteiger partial charge in [-0.1, -0.05) is 24.3 Å². The van der Waals surface area contributed by atoms with Gasteiger partial charge in [0.1, 0.15) is 10.7 Å². The summed E-state index contributed by atoms with van der Waals surface area (Å²) in [5.41, 5.74) is 3.82. The van der Waals surface area contributed by atoms with Crippen molar-refractivity contribution in [3.8, 4) is 10.7 Å². The monoisotopic (exact) mass is 372 g/mol. The van der Waals surface area contributed by atoms with E-state index >= 15 is 0 Å². The molecule has 6 heteroatoms. The number of nitrogens with one attached hydrogen (secondary N) is 2. The molecule has 4 aromatic rings. The van der Waals surface area contributed by atoms with Crippen LogP contribution in [0.5, 0.6) is 0 Å². The van der Waals surface area contributed by atoms with Crippen molar-refractivity contribution in [3.63, 3.8) is 0 Å². The zero-order chi connectivity index (χ0) is 18.5. The summed E-state index contributed by atoms with van der Waals surface area (Å²) in [5, 5.41) is 8.64. The van der Waals surface area contributed by atoms with E-state index in [9.17, 15) is 4.79 Å². The topological polar surface area (TPSA) is 66.9 Å². The summed E-state index contributed by atoms with van der Waals surface area (Å²) >= 11 is 1.40. The zero-order valence-corrected chi connectivity index (χ0v) is 15.1. The SMILES string of the molecule is O=C(Nc1ccc(Nc2ccccc2)cc1)c1csc(-c2ccccn2)n1. The maximum absolute atomic E-state index is 12.4. The van der Waals surface area contributed by atoms with Crippen molar-refractivity contribution in [2.24, 2.45) is 0 Å². The molecule has 0 aliphatic rings. The fourth-order valence-corrected chi connectivity index (χ4v) is 3.28. The number of hydrogen-bond donors (Lipinski definition) is 2. The number of anilines is 3. The van der Waals surface area contributed by atoms with Crippen LogP contribution in [0.3, 0.4) is 0 Å². The third kappa shape index (κ3) is 4.19. The van der Waals surface area contributed by atoms with Crippen molar-refractivity contribution in [2.75, 3.05) is 10.6 Å². The largest absolute Gasteiger partial charge is 0.356 e. The van der Waals surface area contributed by atoms with Crippen LogP contribution in [0.4, 0.5) is 17.1 Å². The molecular formula is C21H16N4OS. The van der Waals surface area contributed by atoms with E-state index in [1.807, 2.05) is 72.8 Å². The molecule has 2 heterocycles. The summed E-state index contributed by atoms with van der Waals surface area (Å²) in [4.78, 5) is 21.1. The predicted molar refractivity (Wildman–Crippen MR) is 109 cm³/mol. The number of nitrogens with zero attached hydrogens (tertiary/aromatic N) is 2. The minimum Gasteiger partial charge on any atom is -0.356 e. The van der Waals surface area contributed by atoms with Gasteiger partial charge in [0.2, 0.25) is 0 Å². The van der Waals surface area contributed by atoms with Gasteiger partial charge >= 0.3 is 0 Å². The number of hydrogen-bond acceptors (Lipinski definition) is 5. The van der Waals surface area contributed by atoms with Crippen molar-refractivity contribution in [3.05, 3.63) is 90.1 Å². The Morgan fingerprint density at radius 3 is 2.26 bits per heavy atom. The summed E-state index contributed by atoms with van der Waals surface area (Å²) < 4.78 is 0. The first-order valence-corrected chi connectivity index (χ1v) is 9.26. The number of carbonyl (C=O) groups excluding carboxylic acids is 1. The lowest BCUT2D eigenvalue weighted by molar-refractivity contribution is 0.102. The van der Waals surface area contributed by atoms with Gasteiger partial charge in [0.05, 0.1) is 5.69 Å². The molecule has 27 heavy (non-hydrogen) atoms. The second-order valence-electron chi connectivity index (χ2n) is 5.78. The van der Waals surface area contributed by atoms with Crippen LogP contribution >= 0.6 is 11.3 Å². The minimum atomic E-state index is -0.239. The van der Waals surface area contributed by atoms with E-state index in [0.29, 0.717) is 11.4 Å². The molecule has 0 saturated carbocycles. The third-order valence-corrected chi connectivity index (χ3v) is 4.69. The van der Waals surface area contributed by atoms with Gasteiger partial charge in [0.25, 0.3) is 5.91 Å². The van der Waals surface area contributed by atoms with Crippen LogP contribution in [-0.4, -0.2) is 15.9 Å². The van der Waals surface area contributed by atoms with E-state index in [1.165, 1.54) is 11.3 Å². The Hall–Kier alpha value is -3.51. The molecule has 4 rings (SSSR count). The van der Waals surface area contributed by atoms with Crippen LogP contribution in [0.2, 0.25) is 0 Å². The number of pyridine rings is 1. The summed E-state index contributed by atoms with van der Waals surface area (Å²) in [6.45, 7) is 0. The quantitative estimate of drug-likeness (QED) is 0.505. The molecule has 2 aromatic carbocycles. The molecule has 0 aliphatic heterocycles. The van der Waals surface area contributed by atoms with Crippen LogP contribution in [0, 0.1) is 0 Å². The van der Waals surface area contributed by atoms with Gasteiger partial charge in [-0.2, -0.15) is 0 Å². The van der Waals surface area contributed by atoms with Gasteiger partial charge < -0.3 is 10.6 Å². The Balaban J connectivity index is 1.42. The van der Waals surface area contributed by atoms with Crippen LogP contribution in [0.15, 0.2) is 84.4 Å². The first-order chi connectivity index (χ1) is 13.3. The number of rotatable bonds is 5. The molecule has 0 bridgehead atoms. The molecule has 5 nitrogen and oxygen atoms in total. The number of thiazole rings is 1. The van der Waals surface area contributed by atoms with Crippen LogP contribution < -0.4 is 10.6 Å². The highest BCUT2D eigenvalue weighted by Crippen LogP contribution is 2.23. The Bertz CT molecular complexity index is 1030. The highest BCUT2D eigenvalue weighted by molar-refractivity contribution is 7.13. The summed E-state index contributed by atoms with van der Waals surface area (Å²) in [7, 11) is 0. The lowest BCUT2D eigenvalue weighted by Crippen LogP contribution is -2.12. The number of amides is 1. The van der Waals surface area contributed by atoms with Gasteiger partial charge in [0.15, 0.2) is 0 Å². The maximum atomic E-state index is 12.4. The normalized spacial score (nSPS) is 10.4. The fraction of sp³-hybridized carbons (Fsp3) is 0. The van der Waals surface area contributed by atoms with Gasteiger partial charge in [-0.25, -0.2) is 4.98 Å². The summed E-state index contributed by atoms with van der Waals surface area (Å²) in [5.74, 6) is -0.239. The lowest BCUT2D eigenvalue weighted by Gasteiger charge is -2.08. The average molecular weight is 372 g/mol. The highest BCUT2D eigenvalue weighted by atomic mass is 32.1. The van der Waals surface area contributed by atoms with Crippen molar-refractivity contribution in [1.29, 1.82) is 0 Å². The van der Waals surface area contributed by atoms with Gasteiger partial charge in [0, 0.05) is 28.6 Å². The zero-order valence-electron chi connectivity index (χ0n) is 14.3. The summed E-state index contributed by atoms with van der Waals surface area (Å²) in [6, 6.07) is 23.1. The molecule has 1 amide bonds. The maximum Gasteiger partial charge on any atom is 0.275 e. The average Bonchev–Trinajstić information content (AvgIpc) is 3.21. The number of aromatic nitrogens is 2. The number of carbonyl (C=O) groups is 1. The minimum absolute atomic E-state index is 0.239. The molecule has 0 unspecified atom stereocenters. The highest BCUT2D eigenvalue weighted by Gasteiger charge is 2.12. The van der Waals surface area contributed by atoms with E-state index in [-0.39, 0.29) is 5.91 Å². The van der Waals surface area contributed by atoms with E-state index in [4.69, 9.17) is 0 Å². The van der Waals surface area contributed by atoms with Crippen LogP contribution in [0.1, 0.15) is 10.5 Å². The van der Waals surface area contributed by atoms with Crippen LogP contribution in [-0.2, 0) is 0 Å². The van der Waals surface area contributed by atoms with Gasteiger partial charge in [-0.15, -0.1) is 11.3 Å². The molecule has 0 radical (unpaired) electrons. The standard InChI is InChI=1S/C21H16N4OS/c26-20(19-14-27-21(25-19)18-8-4-5-13-22-18)24-17-11-9-16(10-12-17)23-15-6-2-1-3-7-15/h1-14,23H,(H,24,26). The molecule has 0 saturated heterocycles. The van der Waals surface area contributed by atoms with E-state index in [1.54, 1.807) is 11.6 Å². The van der Waals surface area contributed by atoms with Crippen molar-refractivity contribution < 1.29 is 4.79 Å². The van der Waals surface area contributed by atoms with E-state index < -0.39 is 0 Å². The molecule has 2 aromatic heterocycles. The third-order valence-electron chi connectivity index (χ3n) is 3.83. The Morgan fingerprint density at radius 2 is 1.52 bits per heavy atom. The molecular weight excluding hydrogens is 356 g/mol. The Labute approximate surface area is 160 Å². The molecule has 0 fully saturated rings. The molecule has 0 aliphatic carbocycles. The molecule has 0 atom stereocenters. The Morgan fingerprint density at radius 1 is 0.815 bits per heavy atom. The molecule has 2 N–H and O–H groups in total. The van der Waals surface area contributed by atoms with Crippen LogP contribution in [0.25, 0.3) is 10.7 Å². The summed E-state index contributed by atoms with van der Waals surface area (Å²) in [6.07, 6.45) is 1.71. The number of benzene rings is 2. The van der Waals surface area contributed by atoms with Gasteiger partial charge in [-0.05, 0) is 48.5 Å². The molecule has 0 spiro atoms. The fourth-order valence-electron chi connectivity index (χ4n) is 2.51. The Kier molecular flexibility index (Phi) is 4.89. The number of para-hydroxylation sites is 1.